The lowest BCUT2D eigenvalue weighted by atomic mass is 10.1. The van der Waals surface area contributed by atoms with E-state index >= 15 is 0 Å². The Labute approximate surface area is 160 Å². The van der Waals surface area contributed by atoms with Crippen molar-refractivity contribution in [1.29, 1.82) is 5.26 Å². The van der Waals surface area contributed by atoms with Crippen molar-refractivity contribution in [2.45, 2.75) is 0 Å². The lowest BCUT2D eigenvalue weighted by molar-refractivity contribution is 1.38. The number of hydrogen-bond donors (Lipinski definition) is 0. The Balaban J connectivity index is 1.80. The molecule has 0 spiro atoms. The summed E-state index contributed by atoms with van der Waals surface area (Å²) in [7, 11) is 0. The zero-order chi connectivity index (χ0) is 17.6. The number of allylic oxidation sites excluding steroid dienone is 3. The highest BCUT2D eigenvalue weighted by atomic mass is 35.5. The summed E-state index contributed by atoms with van der Waals surface area (Å²) >= 11 is 13.7. The van der Waals surface area contributed by atoms with Gasteiger partial charge in [0.15, 0.2) is 0 Å². The fraction of sp³-hybridized carbons (Fsp3) is 0. The van der Waals surface area contributed by atoms with Gasteiger partial charge in [0.25, 0.3) is 0 Å². The van der Waals surface area contributed by atoms with Crippen molar-refractivity contribution in [3.63, 3.8) is 0 Å². The van der Waals surface area contributed by atoms with Crippen molar-refractivity contribution >= 4 is 46.2 Å². The van der Waals surface area contributed by atoms with E-state index in [2.05, 4.69) is 11.1 Å². The van der Waals surface area contributed by atoms with Gasteiger partial charge >= 0.3 is 0 Å². The predicted octanol–water partition coefficient (Wildman–Crippen LogP) is 6.74. The van der Waals surface area contributed by atoms with E-state index in [-0.39, 0.29) is 0 Å². The molecule has 0 fully saturated rings. The third-order valence-corrected chi connectivity index (χ3v) is 4.79. The van der Waals surface area contributed by atoms with Gasteiger partial charge < -0.3 is 0 Å². The van der Waals surface area contributed by atoms with E-state index in [9.17, 15) is 5.26 Å². The SMILES string of the molecule is N#CC(=CC=Cc1nc(-c2ccc(Cl)cc2Cl)cs1)c1ccccc1. The first-order chi connectivity index (χ1) is 12.2. The molecule has 5 heteroatoms. The summed E-state index contributed by atoms with van der Waals surface area (Å²) in [6, 6.07) is 17.1. The maximum Gasteiger partial charge on any atom is 0.116 e. The number of hydrogen-bond acceptors (Lipinski definition) is 3. The minimum atomic E-state index is 0.573. The second-order valence-electron chi connectivity index (χ2n) is 5.11. The third kappa shape index (κ3) is 4.37. The summed E-state index contributed by atoms with van der Waals surface area (Å²) in [5.41, 5.74) is 3.15. The molecule has 0 bridgehead atoms. The number of benzene rings is 2. The molecule has 3 rings (SSSR count). The van der Waals surface area contributed by atoms with Gasteiger partial charge in [-0.15, -0.1) is 11.3 Å². The molecule has 0 saturated carbocycles. The van der Waals surface area contributed by atoms with E-state index in [4.69, 9.17) is 23.2 Å². The van der Waals surface area contributed by atoms with Crippen LogP contribution in [0.3, 0.4) is 0 Å². The molecule has 0 N–H and O–H groups in total. The Bertz CT molecular complexity index is 982. The van der Waals surface area contributed by atoms with Gasteiger partial charge in [0.1, 0.15) is 5.01 Å². The quantitative estimate of drug-likeness (QED) is 0.370. The first kappa shape index (κ1) is 17.4. The van der Waals surface area contributed by atoms with E-state index in [1.807, 2.05) is 53.9 Å². The fourth-order valence-electron chi connectivity index (χ4n) is 2.23. The lowest BCUT2D eigenvalue weighted by Gasteiger charge is -2.00. The Morgan fingerprint density at radius 1 is 1.12 bits per heavy atom. The van der Waals surface area contributed by atoms with Gasteiger partial charge in [-0.2, -0.15) is 5.26 Å². The largest absolute Gasteiger partial charge is 0.237 e. The van der Waals surface area contributed by atoms with Gasteiger partial charge in [-0.25, -0.2) is 4.98 Å². The van der Waals surface area contributed by atoms with Crippen LogP contribution in [0.4, 0.5) is 0 Å². The zero-order valence-electron chi connectivity index (χ0n) is 13.0. The Morgan fingerprint density at radius 3 is 2.64 bits per heavy atom. The second-order valence-corrected chi connectivity index (χ2v) is 6.85. The molecule has 0 saturated heterocycles. The molecule has 2 aromatic carbocycles. The normalized spacial score (nSPS) is 11.6. The van der Waals surface area contributed by atoms with Crippen LogP contribution in [-0.4, -0.2) is 4.98 Å². The van der Waals surface area contributed by atoms with Gasteiger partial charge in [-0.1, -0.05) is 59.6 Å². The number of nitrogens with zero attached hydrogens (tertiary/aromatic N) is 2. The summed E-state index contributed by atoms with van der Waals surface area (Å²) in [6.07, 6.45) is 5.49. The molecule has 122 valence electrons. The van der Waals surface area contributed by atoms with E-state index in [0.29, 0.717) is 15.6 Å². The summed E-state index contributed by atoms with van der Waals surface area (Å²) < 4.78 is 0. The number of rotatable bonds is 4. The van der Waals surface area contributed by atoms with Gasteiger partial charge in [0, 0.05) is 16.0 Å². The average Bonchev–Trinajstić information content (AvgIpc) is 3.08. The minimum absolute atomic E-state index is 0.573. The first-order valence-electron chi connectivity index (χ1n) is 7.42. The molecule has 0 unspecified atom stereocenters. The van der Waals surface area contributed by atoms with E-state index in [1.165, 1.54) is 11.3 Å². The molecule has 0 amide bonds. The van der Waals surface area contributed by atoms with Gasteiger partial charge in [-0.05, 0) is 35.9 Å². The third-order valence-electron chi connectivity index (χ3n) is 3.44. The molecule has 1 heterocycles. The fourth-order valence-corrected chi connectivity index (χ4v) is 3.45. The van der Waals surface area contributed by atoms with Crippen molar-refractivity contribution < 1.29 is 0 Å². The molecule has 1 aromatic heterocycles. The predicted molar refractivity (Wildman–Crippen MR) is 107 cm³/mol. The molecular weight excluding hydrogens is 371 g/mol. The van der Waals surface area contributed by atoms with Crippen LogP contribution in [0.15, 0.2) is 66.1 Å². The number of halogens is 2. The van der Waals surface area contributed by atoms with Crippen molar-refractivity contribution in [2.75, 3.05) is 0 Å². The van der Waals surface area contributed by atoms with Crippen LogP contribution in [0.1, 0.15) is 10.6 Å². The Morgan fingerprint density at radius 2 is 1.92 bits per heavy atom. The van der Waals surface area contributed by atoms with E-state index in [1.54, 1.807) is 18.2 Å². The monoisotopic (exact) mass is 382 g/mol. The topological polar surface area (TPSA) is 36.7 Å². The van der Waals surface area contributed by atoms with Crippen molar-refractivity contribution in [2.24, 2.45) is 0 Å². The smallest absolute Gasteiger partial charge is 0.116 e. The van der Waals surface area contributed by atoms with Crippen molar-refractivity contribution in [1.82, 2.24) is 4.98 Å². The Hall–Kier alpha value is -2.38. The maximum absolute atomic E-state index is 9.29. The zero-order valence-corrected chi connectivity index (χ0v) is 15.3. The van der Waals surface area contributed by atoms with Gasteiger partial charge in [0.2, 0.25) is 0 Å². The van der Waals surface area contributed by atoms with Crippen LogP contribution in [0.25, 0.3) is 22.9 Å². The number of aromatic nitrogens is 1. The lowest BCUT2D eigenvalue weighted by Crippen LogP contribution is -1.80. The standard InChI is InChI=1S/C20H12Cl2N2S/c21-16-9-10-17(18(22)11-16)19-13-25-20(24-19)8-4-7-15(12-23)14-5-2-1-3-6-14/h1-11,13H. The van der Waals surface area contributed by atoms with Crippen LogP contribution in [0.2, 0.25) is 10.0 Å². The van der Waals surface area contributed by atoms with Gasteiger partial charge in [-0.3, -0.25) is 0 Å². The highest BCUT2D eigenvalue weighted by Gasteiger charge is 2.07. The summed E-state index contributed by atoms with van der Waals surface area (Å²) in [5.74, 6) is 0. The maximum atomic E-state index is 9.29. The highest BCUT2D eigenvalue weighted by Crippen LogP contribution is 2.31. The van der Waals surface area contributed by atoms with Crippen LogP contribution in [0, 0.1) is 11.3 Å². The molecule has 0 aliphatic rings. The molecule has 0 atom stereocenters. The van der Waals surface area contributed by atoms with Crippen molar-refractivity contribution in [3.05, 3.63) is 86.7 Å². The highest BCUT2D eigenvalue weighted by molar-refractivity contribution is 7.10. The average molecular weight is 383 g/mol. The Kier molecular flexibility index (Phi) is 5.67. The molecule has 0 aliphatic heterocycles. The summed E-state index contributed by atoms with van der Waals surface area (Å²) in [4.78, 5) is 4.56. The van der Waals surface area contributed by atoms with Crippen LogP contribution >= 0.6 is 34.5 Å². The van der Waals surface area contributed by atoms with Gasteiger partial charge in [0.05, 0.1) is 22.4 Å². The summed E-state index contributed by atoms with van der Waals surface area (Å²) in [6.45, 7) is 0. The summed E-state index contributed by atoms with van der Waals surface area (Å²) in [5, 5.41) is 13.2. The molecule has 3 aromatic rings. The van der Waals surface area contributed by atoms with Crippen molar-refractivity contribution in [3.8, 4) is 17.3 Å². The second kappa shape index (κ2) is 8.13. The van der Waals surface area contributed by atoms with E-state index < -0.39 is 0 Å². The molecule has 25 heavy (non-hydrogen) atoms. The molecule has 0 aliphatic carbocycles. The van der Waals surface area contributed by atoms with Crippen LogP contribution in [-0.2, 0) is 0 Å². The number of thiazole rings is 1. The minimum Gasteiger partial charge on any atom is -0.237 e. The van der Waals surface area contributed by atoms with Crippen LogP contribution in [0.5, 0.6) is 0 Å². The molecular formula is C20H12Cl2N2S. The number of nitriles is 1. The first-order valence-corrected chi connectivity index (χ1v) is 9.06. The van der Waals surface area contributed by atoms with Crippen LogP contribution < -0.4 is 0 Å². The van der Waals surface area contributed by atoms with E-state index in [0.717, 1.165) is 21.8 Å². The molecule has 2 nitrogen and oxygen atoms in total. The molecule has 0 radical (unpaired) electrons.